The Morgan fingerprint density at radius 3 is 2.53 bits per heavy atom. The molecule has 0 aliphatic carbocycles. The van der Waals surface area contributed by atoms with E-state index in [1.54, 1.807) is 32.2 Å². The summed E-state index contributed by atoms with van der Waals surface area (Å²) in [7, 11) is 1.63. The van der Waals surface area contributed by atoms with E-state index >= 15 is 0 Å². The number of carbonyl (C=O) groups is 2. The average Bonchev–Trinajstić information content (AvgIpc) is 3.27. The molecule has 32 heavy (non-hydrogen) atoms. The highest BCUT2D eigenvalue weighted by Gasteiger charge is 2.28. The summed E-state index contributed by atoms with van der Waals surface area (Å²) in [6.07, 6.45) is 5.26. The molecule has 2 aromatic rings. The van der Waals surface area contributed by atoms with Gasteiger partial charge >= 0.3 is 0 Å². The van der Waals surface area contributed by atoms with Gasteiger partial charge in [-0.25, -0.2) is 0 Å². The Balaban J connectivity index is 1.64. The van der Waals surface area contributed by atoms with Gasteiger partial charge in [0, 0.05) is 13.5 Å². The van der Waals surface area contributed by atoms with Crippen LogP contribution in [0.4, 0.5) is 0 Å². The monoisotopic (exact) mass is 436 g/mol. The van der Waals surface area contributed by atoms with E-state index in [0.717, 1.165) is 5.56 Å². The van der Waals surface area contributed by atoms with E-state index in [4.69, 9.17) is 14.2 Å². The zero-order valence-electron chi connectivity index (χ0n) is 18.5. The van der Waals surface area contributed by atoms with Crippen LogP contribution < -0.4 is 19.5 Å². The normalized spacial score (nSPS) is 24.7. The van der Waals surface area contributed by atoms with Crippen LogP contribution in [-0.2, 0) is 4.79 Å². The van der Waals surface area contributed by atoms with E-state index in [1.807, 2.05) is 43.3 Å². The molecule has 0 radical (unpaired) electrons. The summed E-state index contributed by atoms with van der Waals surface area (Å²) in [6.45, 7) is 3.89. The van der Waals surface area contributed by atoms with Crippen LogP contribution >= 0.6 is 0 Å². The summed E-state index contributed by atoms with van der Waals surface area (Å²) in [5.41, 5.74) is 1.35. The fraction of sp³-hybridized carbons (Fsp3) is 0.360. The number of carbonyl (C=O) groups excluding carboxylic acids is 2. The van der Waals surface area contributed by atoms with Gasteiger partial charge in [-0.1, -0.05) is 30.4 Å². The molecule has 0 aromatic heterocycles. The first-order valence-electron chi connectivity index (χ1n) is 10.8. The molecule has 0 bridgehead atoms. The Morgan fingerprint density at radius 2 is 1.69 bits per heavy atom. The summed E-state index contributed by atoms with van der Waals surface area (Å²) in [6, 6.07) is 11.9. The van der Waals surface area contributed by atoms with Crippen molar-refractivity contribution in [3.05, 3.63) is 65.7 Å². The molecule has 7 nitrogen and oxygen atoms in total. The number of rotatable bonds is 1. The van der Waals surface area contributed by atoms with Gasteiger partial charge in [0.05, 0.1) is 17.7 Å². The molecule has 0 saturated heterocycles. The van der Waals surface area contributed by atoms with Gasteiger partial charge in [0.15, 0.2) is 11.5 Å². The summed E-state index contributed by atoms with van der Waals surface area (Å²) < 4.78 is 17.0. The second-order valence-corrected chi connectivity index (χ2v) is 8.13. The van der Waals surface area contributed by atoms with Crippen molar-refractivity contribution in [1.82, 2.24) is 10.2 Å². The van der Waals surface area contributed by atoms with Crippen molar-refractivity contribution in [2.24, 2.45) is 0 Å². The first-order chi connectivity index (χ1) is 15.4. The minimum Gasteiger partial charge on any atom is -0.490 e. The van der Waals surface area contributed by atoms with E-state index in [2.05, 4.69) is 5.32 Å². The molecule has 2 aromatic carbocycles. The Hall–Kier alpha value is -3.48. The fourth-order valence-corrected chi connectivity index (χ4v) is 3.77. The molecule has 1 N–H and O–H groups in total. The van der Waals surface area contributed by atoms with Crippen molar-refractivity contribution in [3.63, 3.8) is 0 Å². The molecule has 0 unspecified atom stereocenters. The van der Waals surface area contributed by atoms with Crippen LogP contribution in [0, 0.1) is 0 Å². The molecule has 2 aliphatic heterocycles. The van der Waals surface area contributed by atoms with Crippen LogP contribution in [0.2, 0.25) is 0 Å². The van der Waals surface area contributed by atoms with Crippen molar-refractivity contribution in [1.29, 1.82) is 0 Å². The van der Waals surface area contributed by atoms with Crippen molar-refractivity contribution < 1.29 is 23.8 Å². The van der Waals surface area contributed by atoms with E-state index in [1.165, 1.54) is 4.90 Å². The number of fused-ring (bicyclic) bond motifs is 2. The number of hydrogen-bond donors (Lipinski definition) is 1. The van der Waals surface area contributed by atoms with Crippen LogP contribution in [0.25, 0.3) is 0 Å². The number of nitrogens with one attached hydrogen (secondary N) is 1. The zero-order chi connectivity index (χ0) is 22.7. The first kappa shape index (κ1) is 21.7. The van der Waals surface area contributed by atoms with Crippen LogP contribution in [0.3, 0.4) is 0 Å². The maximum absolute atomic E-state index is 13.2. The zero-order valence-corrected chi connectivity index (χ0v) is 18.5. The van der Waals surface area contributed by atoms with Gasteiger partial charge in [-0.05, 0) is 50.1 Å². The van der Waals surface area contributed by atoms with Gasteiger partial charge < -0.3 is 24.4 Å². The van der Waals surface area contributed by atoms with Crippen molar-refractivity contribution >= 4 is 11.8 Å². The second kappa shape index (κ2) is 9.34. The highest BCUT2D eigenvalue weighted by atomic mass is 16.7. The lowest BCUT2D eigenvalue weighted by atomic mass is 10.0. The first-order valence-corrected chi connectivity index (χ1v) is 10.8. The molecular formula is C25H28N2O5. The minimum absolute atomic E-state index is 0.107. The Kier molecular flexibility index (Phi) is 6.35. The van der Waals surface area contributed by atoms with E-state index in [-0.39, 0.29) is 30.8 Å². The van der Waals surface area contributed by atoms with Gasteiger partial charge in [-0.2, -0.15) is 0 Å². The molecule has 0 spiro atoms. The molecule has 0 saturated carbocycles. The van der Waals surface area contributed by atoms with Gasteiger partial charge in [-0.3, -0.25) is 9.59 Å². The van der Waals surface area contributed by atoms with Gasteiger partial charge in [0.25, 0.3) is 5.91 Å². The SMILES string of the molecule is C[C@@H]1C/C=C/C[C@@H](c2ccc3c(c2)OCO3)NC(=O)[C@H](C)N(C)C(=O)c2ccccc2O1. The van der Waals surface area contributed by atoms with E-state index in [9.17, 15) is 9.59 Å². The third kappa shape index (κ3) is 4.56. The van der Waals surface area contributed by atoms with Crippen LogP contribution in [0.1, 0.15) is 48.7 Å². The maximum atomic E-state index is 13.2. The van der Waals surface area contributed by atoms with E-state index in [0.29, 0.717) is 35.7 Å². The third-order valence-corrected chi connectivity index (χ3v) is 5.85. The summed E-state index contributed by atoms with van der Waals surface area (Å²) in [5, 5.41) is 3.10. The Bertz CT molecular complexity index is 1030. The maximum Gasteiger partial charge on any atom is 0.258 e. The lowest BCUT2D eigenvalue weighted by Crippen LogP contribution is -2.47. The molecular weight excluding hydrogens is 408 g/mol. The smallest absolute Gasteiger partial charge is 0.258 e. The molecule has 3 atom stereocenters. The number of hydrogen-bond acceptors (Lipinski definition) is 5. The minimum atomic E-state index is -0.670. The van der Waals surface area contributed by atoms with Crippen LogP contribution in [0.15, 0.2) is 54.6 Å². The van der Waals surface area contributed by atoms with Gasteiger partial charge in [-0.15, -0.1) is 0 Å². The molecule has 7 heteroatoms. The molecule has 4 rings (SSSR count). The molecule has 0 fully saturated rings. The topological polar surface area (TPSA) is 77.1 Å². The van der Waals surface area contributed by atoms with Crippen molar-refractivity contribution in [2.45, 2.75) is 44.9 Å². The van der Waals surface area contributed by atoms with Gasteiger partial charge in [0.1, 0.15) is 11.8 Å². The molecule has 2 heterocycles. The van der Waals surface area contributed by atoms with Crippen LogP contribution in [0.5, 0.6) is 17.2 Å². The van der Waals surface area contributed by atoms with Crippen LogP contribution in [-0.4, -0.2) is 42.7 Å². The number of amides is 2. The predicted molar refractivity (Wildman–Crippen MR) is 120 cm³/mol. The van der Waals surface area contributed by atoms with E-state index < -0.39 is 6.04 Å². The lowest BCUT2D eigenvalue weighted by molar-refractivity contribution is -0.125. The Morgan fingerprint density at radius 1 is 0.938 bits per heavy atom. The summed E-state index contributed by atoms with van der Waals surface area (Å²) in [4.78, 5) is 27.7. The third-order valence-electron chi connectivity index (χ3n) is 5.85. The number of likely N-dealkylation sites (N-methyl/N-ethyl adjacent to an activating group) is 1. The largest absolute Gasteiger partial charge is 0.490 e. The molecule has 2 amide bonds. The fourth-order valence-electron chi connectivity index (χ4n) is 3.77. The van der Waals surface area contributed by atoms with Gasteiger partial charge in [0.2, 0.25) is 12.7 Å². The second-order valence-electron chi connectivity index (χ2n) is 8.13. The molecule has 2 aliphatic rings. The standard InChI is InChI=1S/C25H28N2O5/c1-16-8-4-6-10-20(18-12-13-22-23(14-18)31-15-30-22)26-24(28)17(2)27(3)25(29)19-9-5-7-11-21(19)32-16/h4-7,9,11-14,16-17,20H,8,10,15H2,1-3H3,(H,26,28)/b6-4+/t16-,17+,20+/m1/s1. The number of para-hydroxylation sites is 1. The van der Waals surface area contributed by atoms with Crippen molar-refractivity contribution in [3.8, 4) is 17.2 Å². The lowest BCUT2D eigenvalue weighted by Gasteiger charge is -2.28. The summed E-state index contributed by atoms with van der Waals surface area (Å²) in [5.74, 6) is 1.38. The number of ether oxygens (including phenoxy) is 3. The predicted octanol–water partition coefficient (Wildman–Crippen LogP) is 3.85. The van der Waals surface area contributed by atoms with Crippen molar-refractivity contribution in [2.75, 3.05) is 13.8 Å². The number of nitrogens with zero attached hydrogens (tertiary/aromatic N) is 1. The quantitative estimate of drug-likeness (QED) is 0.687. The highest BCUT2D eigenvalue weighted by Crippen LogP contribution is 2.35. The summed E-state index contributed by atoms with van der Waals surface area (Å²) >= 11 is 0. The molecule has 168 valence electrons. The Labute approximate surface area is 188 Å². The highest BCUT2D eigenvalue weighted by molar-refractivity contribution is 5.99. The number of benzene rings is 2. The average molecular weight is 437 g/mol.